The summed E-state index contributed by atoms with van der Waals surface area (Å²) >= 11 is 3.48. The first kappa shape index (κ1) is 36.9. The predicted molar refractivity (Wildman–Crippen MR) is 187 cm³/mol. The second kappa shape index (κ2) is 19.9. The molecule has 0 unspecified atom stereocenters. The third-order valence-corrected chi connectivity index (χ3v) is 7.90. The Hall–Kier alpha value is -3.16. The molecule has 0 radical (unpaired) electrons. The third kappa shape index (κ3) is 10.9. The van der Waals surface area contributed by atoms with E-state index in [0.717, 1.165) is 32.9 Å². The van der Waals surface area contributed by atoms with Gasteiger partial charge in [0.15, 0.2) is 11.5 Å². The van der Waals surface area contributed by atoms with E-state index in [1.165, 1.54) is 14.7 Å². The van der Waals surface area contributed by atoms with Crippen molar-refractivity contribution in [1.29, 1.82) is 0 Å². The van der Waals surface area contributed by atoms with Gasteiger partial charge in [0.1, 0.15) is 15.9 Å². The minimum absolute atomic E-state index is 0.359. The van der Waals surface area contributed by atoms with Gasteiger partial charge in [0.2, 0.25) is 0 Å². The van der Waals surface area contributed by atoms with Crippen LogP contribution in [-0.4, -0.2) is 19.9 Å². The molecule has 228 valence electrons. The minimum atomic E-state index is 0.359. The van der Waals surface area contributed by atoms with Crippen LogP contribution < -0.4 is 0 Å². The van der Waals surface area contributed by atoms with Crippen LogP contribution >= 0.6 is 22.7 Å². The molecule has 0 amide bonds. The second-order valence-electron chi connectivity index (χ2n) is 9.38. The molecule has 4 aromatic heterocycles. The molecule has 0 spiro atoms. The van der Waals surface area contributed by atoms with Gasteiger partial charge in [-0.1, -0.05) is 119 Å². The molecule has 6 aromatic rings. The van der Waals surface area contributed by atoms with Crippen LogP contribution in [0.5, 0.6) is 0 Å². The molecule has 7 heteroatoms. The summed E-state index contributed by atoms with van der Waals surface area (Å²) in [7, 11) is 0. The van der Waals surface area contributed by atoms with Crippen LogP contribution in [0.15, 0.2) is 71.3 Å². The van der Waals surface area contributed by atoms with Crippen LogP contribution in [0.1, 0.15) is 117 Å². The normalized spacial score (nSPS) is 10.1. The van der Waals surface area contributed by atoms with Gasteiger partial charge in [0.05, 0.1) is 20.2 Å². The van der Waals surface area contributed by atoms with Gasteiger partial charge in [0.25, 0.3) is 0 Å². The highest BCUT2D eigenvalue weighted by molar-refractivity contribution is 7.18. The SMILES string of the molecule is CC.CC.CC.CC(C)c1nc2ccccc2o1.CC(C)c1nc2ccccc2s1.CC(C)c1nc2cccnc2s1. The zero-order valence-electron chi connectivity index (χ0n) is 27.6. The summed E-state index contributed by atoms with van der Waals surface area (Å²) in [6, 6.07) is 20.0. The number of rotatable bonds is 3. The highest BCUT2D eigenvalue weighted by Gasteiger charge is 2.08. The molecule has 0 saturated carbocycles. The highest BCUT2D eigenvalue weighted by atomic mass is 32.1. The van der Waals surface area contributed by atoms with Crippen LogP contribution in [0.2, 0.25) is 0 Å². The number of para-hydroxylation sites is 3. The van der Waals surface area contributed by atoms with Gasteiger partial charge >= 0.3 is 0 Å². The Morgan fingerprint density at radius 2 is 1.07 bits per heavy atom. The van der Waals surface area contributed by atoms with E-state index in [2.05, 4.69) is 79.7 Å². The van der Waals surface area contributed by atoms with Gasteiger partial charge in [-0.2, -0.15) is 0 Å². The van der Waals surface area contributed by atoms with E-state index in [9.17, 15) is 0 Å². The first-order valence-corrected chi connectivity index (χ1v) is 16.9. The fourth-order valence-electron chi connectivity index (χ4n) is 3.31. The maximum absolute atomic E-state index is 5.52. The lowest BCUT2D eigenvalue weighted by molar-refractivity contribution is 0.501. The van der Waals surface area contributed by atoms with Gasteiger partial charge in [-0.05, 0) is 36.4 Å². The van der Waals surface area contributed by atoms with E-state index in [1.54, 1.807) is 22.7 Å². The van der Waals surface area contributed by atoms with Gasteiger partial charge in [-0.3, -0.25) is 0 Å². The van der Waals surface area contributed by atoms with Crippen LogP contribution in [0, 0.1) is 0 Å². The average molecular weight is 607 g/mol. The fourth-order valence-corrected chi connectivity index (χ4v) is 5.19. The Morgan fingerprint density at radius 1 is 0.548 bits per heavy atom. The summed E-state index contributed by atoms with van der Waals surface area (Å²) in [5.41, 5.74) is 3.97. The third-order valence-electron chi connectivity index (χ3n) is 5.29. The van der Waals surface area contributed by atoms with Crippen LogP contribution in [0.25, 0.3) is 31.7 Å². The molecule has 0 aliphatic carbocycles. The molecule has 4 heterocycles. The summed E-state index contributed by atoms with van der Waals surface area (Å²) in [6.07, 6.45) is 1.81. The molecule has 0 bridgehead atoms. The lowest BCUT2D eigenvalue weighted by atomic mass is 10.2. The van der Waals surface area contributed by atoms with Gasteiger partial charge in [-0.15, -0.1) is 11.3 Å². The van der Waals surface area contributed by atoms with Crippen molar-refractivity contribution in [2.45, 2.75) is 101 Å². The van der Waals surface area contributed by atoms with Crippen molar-refractivity contribution >= 4 is 54.3 Å². The Kier molecular flexibility index (Phi) is 17.4. The number of aromatic nitrogens is 4. The molecule has 0 aliphatic heterocycles. The maximum atomic E-state index is 5.52. The Balaban J connectivity index is 0.000000289. The smallest absolute Gasteiger partial charge is 0.198 e. The minimum Gasteiger partial charge on any atom is -0.440 e. The van der Waals surface area contributed by atoms with Crippen molar-refractivity contribution in [2.75, 3.05) is 0 Å². The first-order valence-electron chi connectivity index (χ1n) is 15.2. The number of fused-ring (bicyclic) bond motifs is 3. The van der Waals surface area contributed by atoms with Crippen molar-refractivity contribution < 1.29 is 4.42 Å². The van der Waals surface area contributed by atoms with Gasteiger partial charge in [0, 0.05) is 24.0 Å². The van der Waals surface area contributed by atoms with Crippen LogP contribution in [-0.2, 0) is 0 Å². The Morgan fingerprint density at radius 3 is 1.62 bits per heavy atom. The van der Waals surface area contributed by atoms with Crippen LogP contribution in [0.4, 0.5) is 0 Å². The summed E-state index contributed by atoms with van der Waals surface area (Å²) in [5.74, 6) is 2.22. The van der Waals surface area contributed by atoms with E-state index >= 15 is 0 Å². The Bertz CT molecular complexity index is 1260. The highest BCUT2D eigenvalue weighted by Crippen LogP contribution is 2.27. The van der Waals surface area contributed by atoms with E-state index in [4.69, 9.17) is 4.42 Å². The zero-order chi connectivity index (χ0) is 31.7. The van der Waals surface area contributed by atoms with E-state index in [1.807, 2.05) is 90.2 Å². The van der Waals surface area contributed by atoms with E-state index in [-0.39, 0.29) is 0 Å². The molecular formula is C35H50N4OS2. The lowest BCUT2D eigenvalue weighted by Gasteiger charge is -1.94. The van der Waals surface area contributed by atoms with Crippen molar-refractivity contribution in [1.82, 2.24) is 19.9 Å². The summed E-state index contributed by atoms with van der Waals surface area (Å²) in [6.45, 7) is 24.8. The topological polar surface area (TPSA) is 64.7 Å². The van der Waals surface area contributed by atoms with Crippen molar-refractivity contribution in [3.05, 3.63) is 82.8 Å². The number of hydrogen-bond donors (Lipinski definition) is 0. The molecule has 6 rings (SSSR count). The van der Waals surface area contributed by atoms with Crippen molar-refractivity contribution in [3.8, 4) is 0 Å². The standard InChI is InChI=1S/C10H11NO.C10H11NS.C9H10N2S.3C2H6/c2*1-7(2)10-11-8-5-3-4-6-9(8)12-10;1-6(2)8-11-7-4-3-5-10-9(7)12-8;3*1-2/h2*3-7H,1-2H3;3-6H,1-2H3;3*1-2H3. The molecule has 0 saturated heterocycles. The maximum Gasteiger partial charge on any atom is 0.198 e. The summed E-state index contributed by atoms with van der Waals surface area (Å²) in [4.78, 5) is 18.6. The second-order valence-corrected chi connectivity index (χ2v) is 11.5. The number of oxazole rings is 1. The average Bonchev–Trinajstić information content (AvgIpc) is 3.77. The Labute approximate surface area is 261 Å². The molecule has 42 heavy (non-hydrogen) atoms. The zero-order valence-corrected chi connectivity index (χ0v) is 29.2. The van der Waals surface area contributed by atoms with Crippen molar-refractivity contribution in [3.63, 3.8) is 0 Å². The van der Waals surface area contributed by atoms with E-state index < -0.39 is 0 Å². The number of hydrogen-bond acceptors (Lipinski definition) is 7. The summed E-state index contributed by atoms with van der Waals surface area (Å²) < 4.78 is 6.81. The number of benzene rings is 2. The predicted octanol–water partition coefficient (Wildman–Crippen LogP) is 12.3. The van der Waals surface area contributed by atoms with Crippen LogP contribution in [0.3, 0.4) is 0 Å². The van der Waals surface area contributed by atoms with E-state index in [0.29, 0.717) is 17.8 Å². The van der Waals surface area contributed by atoms with Gasteiger partial charge in [-0.25, -0.2) is 19.9 Å². The molecular weight excluding hydrogens is 557 g/mol. The molecule has 0 N–H and O–H groups in total. The summed E-state index contributed by atoms with van der Waals surface area (Å²) in [5, 5.41) is 2.40. The largest absolute Gasteiger partial charge is 0.440 e. The molecule has 5 nitrogen and oxygen atoms in total. The monoisotopic (exact) mass is 606 g/mol. The van der Waals surface area contributed by atoms with Crippen molar-refractivity contribution in [2.24, 2.45) is 0 Å². The number of pyridine rings is 1. The molecule has 2 aromatic carbocycles. The molecule has 0 atom stereocenters. The lowest BCUT2D eigenvalue weighted by Crippen LogP contribution is -1.84. The molecule has 0 fully saturated rings. The number of thiazole rings is 2. The quantitative estimate of drug-likeness (QED) is 0.200. The van der Waals surface area contributed by atoms with Gasteiger partial charge < -0.3 is 4.42 Å². The first-order chi connectivity index (χ1) is 20.3. The molecule has 0 aliphatic rings. The number of nitrogens with zero attached hydrogens (tertiary/aromatic N) is 4. The fraction of sp³-hybridized carbons (Fsp3) is 0.429.